The average Bonchev–Trinajstić information content (AvgIpc) is 2.25. The van der Waals surface area contributed by atoms with E-state index in [0.29, 0.717) is 18.0 Å². The predicted octanol–water partition coefficient (Wildman–Crippen LogP) is 1.18. The van der Waals surface area contributed by atoms with Crippen molar-refractivity contribution in [3.8, 4) is 0 Å². The number of halogens is 1. The maximum Gasteiger partial charge on any atom is 0.240 e. The van der Waals surface area contributed by atoms with Crippen LogP contribution in [0.4, 0.5) is 0 Å². The summed E-state index contributed by atoms with van der Waals surface area (Å²) in [6, 6.07) is 6.77. The topological polar surface area (TPSA) is 58.2 Å². The van der Waals surface area contributed by atoms with Gasteiger partial charge >= 0.3 is 0 Å². The molecule has 1 rings (SSSR count). The summed E-state index contributed by atoms with van der Waals surface area (Å²) < 4.78 is 27.1. The van der Waals surface area contributed by atoms with E-state index < -0.39 is 10.0 Å². The van der Waals surface area contributed by atoms with Gasteiger partial charge in [-0.2, -0.15) is 0 Å². The molecule has 90 valence electrons. The number of hydrogen-bond acceptors (Lipinski definition) is 3. The summed E-state index contributed by atoms with van der Waals surface area (Å²) in [7, 11) is -3.35. The van der Waals surface area contributed by atoms with Crippen molar-refractivity contribution in [2.24, 2.45) is 0 Å². The van der Waals surface area contributed by atoms with Crippen molar-refractivity contribution in [3.05, 3.63) is 27.8 Å². The van der Waals surface area contributed by atoms with E-state index >= 15 is 0 Å². The molecule has 0 atom stereocenters. The Labute approximate surface area is 110 Å². The van der Waals surface area contributed by atoms with E-state index in [-0.39, 0.29) is 0 Å². The molecule has 0 aliphatic heterocycles. The summed E-state index contributed by atoms with van der Waals surface area (Å²) >= 11 is 2.14. The van der Waals surface area contributed by atoms with Gasteiger partial charge in [0.25, 0.3) is 0 Å². The first kappa shape index (κ1) is 13.9. The van der Waals surface area contributed by atoms with Crippen LogP contribution >= 0.6 is 22.6 Å². The van der Waals surface area contributed by atoms with Gasteiger partial charge in [-0.3, -0.25) is 0 Å². The molecule has 0 fully saturated rings. The number of hydrogen-bond donors (Lipinski definition) is 2. The van der Waals surface area contributed by atoms with Gasteiger partial charge in [-0.25, -0.2) is 13.1 Å². The zero-order chi connectivity index (χ0) is 12.0. The number of sulfonamides is 1. The molecule has 0 saturated carbocycles. The van der Waals surface area contributed by atoms with Gasteiger partial charge < -0.3 is 5.32 Å². The van der Waals surface area contributed by atoms with E-state index in [2.05, 4.69) is 32.6 Å². The molecule has 0 radical (unpaired) electrons. The van der Waals surface area contributed by atoms with Gasteiger partial charge in [0.1, 0.15) is 0 Å². The Balaban J connectivity index is 2.60. The highest BCUT2D eigenvalue weighted by molar-refractivity contribution is 14.1. The molecule has 0 aromatic heterocycles. The highest BCUT2D eigenvalue weighted by Crippen LogP contribution is 2.11. The predicted molar refractivity (Wildman–Crippen MR) is 72.9 cm³/mol. The largest absolute Gasteiger partial charge is 0.316 e. The average molecular weight is 354 g/mol. The smallest absolute Gasteiger partial charge is 0.240 e. The lowest BCUT2D eigenvalue weighted by Crippen LogP contribution is -2.31. The zero-order valence-electron chi connectivity index (χ0n) is 9.03. The van der Waals surface area contributed by atoms with Gasteiger partial charge in [-0.15, -0.1) is 0 Å². The fourth-order valence-electron chi connectivity index (χ4n) is 1.15. The molecule has 0 bridgehead atoms. The van der Waals surface area contributed by atoms with Gasteiger partial charge in [0.2, 0.25) is 10.0 Å². The molecular weight excluding hydrogens is 339 g/mol. The first-order chi connectivity index (χ1) is 7.56. The standard InChI is InChI=1S/C10H15IN2O2S/c1-2-12-7-8-13-16(14,15)10-5-3-9(11)4-6-10/h3-6,12-13H,2,7-8H2,1H3. The molecule has 1 aromatic carbocycles. The lowest BCUT2D eigenvalue weighted by molar-refractivity contribution is 0.577. The van der Waals surface area contributed by atoms with Crippen LogP contribution in [-0.4, -0.2) is 28.1 Å². The van der Waals surface area contributed by atoms with Crippen molar-refractivity contribution >= 4 is 32.6 Å². The van der Waals surface area contributed by atoms with Crippen LogP contribution in [0.25, 0.3) is 0 Å². The zero-order valence-corrected chi connectivity index (χ0v) is 12.0. The summed E-state index contributed by atoms with van der Waals surface area (Å²) in [5.41, 5.74) is 0. The van der Waals surface area contributed by atoms with Crippen molar-refractivity contribution in [3.63, 3.8) is 0 Å². The van der Waals surface area contributed by atoms with Gasteiger partial charge in [-0.1, -0.05) is 6.92 Å². The number of rotatable bonds is 6. The Morgan fingerprint density at radius 3 is 2.38 bits per heavy atom. The Bertz CT molecular complexity index is 417. The van der Waals surface area contributed by atoms with Crippen LogP contribution in [0.3, 0.4) is 0 Å². The van der Waals surface area contributed by atoms with Crippen LogP contribution in [0, 0.1) is 3.57 Å². The van der Waals surface area contributed by atoms with Gasteiger partial charge in [-0.05, 0) is 53.4 Å². The SMILES string of the molecule is CCNCCNS(=O)(=O)c1ccc(I)cc1. The van der Waals surface area contributed by atoms with E-state index in [1.165, 1.54) is 0 Å². The van der Waals surface area contributed by atoms with E-state index in [9.17, 15) is 8.42 Å². The summed E-state index contributed by atoms with van der Waals surface area (Å²) in [4.78, 5) is 0.310. The van der Waals surface area contributed by atoms with Crippen LogP contribution in [0.2, 0.25) is 0 Å². The molecule has 0 aliphatic carbocycles. The molecule has 16 heavy (non-hydrogen) atoms. The van der Waals surface area contributed by atoms with Crippen LogP contribution in [0.5, 0.6) is 0 Å². The minimum Gasteiger partial charge on any atom is -0.316 e. The van der Waals surface area contributed by atoms with Crippen molar-refractivity contribution in [2.75, 3.05) is 19.6 Å². The Hall–Kier alpha value is -0.180. The van der Waals surface area contributed by atoms with Crippen LogP contribution in [-0.2, 0) is 10.0 Å². The minimum absolute atomic E-state index is 0.310. The maximum absolute atomic E-state index is 11.8. The van der Waals surface area contributed by atoms with Crippen LogP contribution in [0.15, 0.2) is 29.2 Å². The van der Waals surface area contributed by atoms with Gasteiger partial charge in [0, 0.05) is 16.7 Å². The second-order valence-corrected chi connectivity index (χ2v) is 6.22. The lowest BCUT2D eigenvalue weighted by Gasteiger charge is -2.06. The Morgan fingerprint density at radius 2 is 1.81 bits per heavy atom. The van der Waals surface area contributed by atoms with Crippen molar-refractivity contribution in [1.82, 2.24) is 10.0 Å². The van der Waals surface area contributed by atoms with Crippen molar-refractivity contribution < 1.29 is 8.42 Å². The molecule has 0 spiro atoms. The highest BCUT2D eigenvalue weighted by atomic mass is 127. The van der Waals surface area contributed by atoms with Crippen molar-refractivity contribution in [2.45, 2.75) is 11.8 Å². The molecule has 0 amide bonds. The number of benzene rings is 1. The van der Waals surface area contributed by atoms with Crippen LogP contribution < -0.4 is 10.0 Å². The lowest BCUT2D eigenvalue weighted by atomic mass is 10.4. The minimum atomic E-state index is -3.35. The summed E-state index contributed by atoms with van der Waals surface area (Å²) in [6.45, 7) is 3.86. The second kappa shape index (κ2) is 6.53. The Morgan fingerprint density at radius 1 is 1.19 bits per heavy atom. The molecule has 0 aliphatic rings. The number of nitrogens with one attached hydrogen (secondary N) is 2. The molecule has 0 heterocycles. The summed E-state index contributed by atoms with van der Waals surface area (Å²) in [5, 5.41) is 3.05. The van der Waals surface area contributed by atoms with E-state index in [1.807, 2.05) is 6.92 Å². The molecule has 1 aromatic rings. The summed E-state index contributed by atoms with van der Waals surface area (Å²) in [6.07, 6.45) is 0. The third kappa shape index (κ3) is 4.36. The second-order valence-electron chi connectivity index (χ2n) is 3.21. The van der Waals surface area contributed by atoms with Gasteiger partial charge in [0.05, 0.1) is 4.90 Å². The number of likely N-dealkylation sites (N-methyl/N-ethyl adjacent to an activating group) is 1. The Kier molecular flexibility index (Phi) is 5.67. The van der Waals surface area contributed by atoms with Gasteiger partial charge in [0.15, 0.2) is 0 Å². The van der Waals surface area contributed by atoms with E-state index in [1.54, 1.807) is 24.3 Å². The van der Waals surface area contributed by atoms with Crippen LogP contribution in [0.1, 0.15) is 6.92 Å². The molecule has 0 saturated heterocycles. The highest BCUT2D eigenvalue weighted by Gasteiger charge is 2.12. The van der Waals surface area contributed by atoms with E-state index in [0.717, 1.165) is 10.1 Å². The molecular formula is C10H15IN2O2S. The molecule has 0 unspecified atom stereocenters. The fourth-order valence-corrected chi connectivity index (χ4v) is 2.54. The first-order valence-electron chi connectivity index (χ1n) is 5.02. The normalized spacial score (nSPS) is 11.6. The molecule has 2 N–H and O–H groups in total. The maximum atomic E-state index is 11.8. The molecule has 4 nitrogen and oxygen atoms in total. The van der Waals surface area contributed by atoms with Crippen molar-refractivity contribution in [1.29, 1.82) is 0 Å². The third-order valence-corrected chi connectivity index (χ3v) is 4.16. The fraction of sp³-hybridized carbons (Fsp3) is 0.400. The third-order valence-electron chi connectivity index (χ3n) is 1.97. The molecule has 6 heteroatoms. The first-order valence-corrected chi connectivity index (χ1v) is 7.58. The summed E-state index contributed by atoms with van der Waals surface area (Å²) in [5.74, 6) is 0. The monoisotopic (exact) mass is 354 g/mol. The quantitative estimate of drug-likeness (QED) is 0.596. The van der Waals surface area contributed by atoms with E-state index in [4.69, 9.17) is 0 Å².